The molecule has 0 saturated carbocycles. The van der Waals surface area contributed by atoms with Gasteiger partial charge in [-0.05, 0) is 97.1 Å². The first kappa shape index (κ1) is 31.4. The van der Waals surface area contributed by atoms with Gasteiger partial charge in [0.1, 0.15) is 10.0 Å². The minimum atomic E-state index is 0.795. The van der Waals surface area contributed by atoms with Crippen LogP contribution in [-0.4, -0.2) is 9.97 Å². The molecule has 8 aromatic carbocycles. The molecule has 4 heterocycles. The second-order valence-electron chi connectivity index (χ2n) is 13.8. The molecule has 2 aliphatic heterocycles. The molecule has 2 aromatic heterocycles. The van der Waals surface area contributed by atoms with E-state index in [9.17, 15) is 0 Å². The molecule has 0 saturated heterocycles. The highest BCUT2D eigenvalue weighted by atomic mass is 32.1. The van der Waals surface area contributed by atoms with E-state index in [1.807, 2.05) is 60.7 Å². The zero-order valence-corrected chi connectivity index (χ0v) is 31.2. The average molecular weight is 757 g/mol. The lowest BCUT2D eigenvalue weighted by molar-refractivity contribution is 0.477. The number of rotatable bonds is 4. The Bertz CT molecular complexity index is 2830. The van der Waals surface area contributed by atoms with Crippen molar-refractivity contribution < 1.29 is 9.47 Å². The van der Waals surface area contributed by atoms with E-state index < -0.39 is 0 Å². The quantitative estimate of drug-likeness (QED) is 0.178. The van der Waals surface area contributed by atoms with Crippen molar-refractivity contribution in [3.63, 3.8) is 0 Å². The van der Waals surface area contributed by atoms with Crippen LogP contribution in [0, 0.1) is 0 Å². The van der Waals surface area contributed by atoms with Crippen LogP contribution < -0.4 is 19.3 Å². The molecule has 264 valence electrons. The Morgan fingerprint density at radius 1 is 0.357 bits per heavy atom. The van der Waals surface area contributed by atoms with Gasteiger partial charge < -0.3 is 19.3 Å². The van der Waals surface area contributed by atoms with Crippen molar-refractivity contribution in [2.24, 2.45) is 0 Å². The molecule has 12 rings (SSSR count). The first-order valence-electron chi connectivity index (χ1n) is 18.4. The molecule has 0 radical (unpaired) electrons. The Labute approximate surface area is 329 Å². The summed E-state index contributed by atoms with van der Waals surface area (Å²) in [5.74, 6) is 3.18. The van der Waals surface area contributed by atoms with Crippen LogP contribution >= 0.6 is 22.7 Å². The monoisotopic (exact) mass is 756 g/mol. The summed E-state index contributed by atoms with van der Waals surface area (Å²) in [6, 6.07) is 59.0. The van der Waals surface area contributed by atoms with Crippen LogP contribution in [-0.2, 0) is 0 Å². The Hall–Kier alpha value is -7.00. The van der Waals surface area contributed by atoms with Gasteiger partial charge in [-0.1, -0.05) is 72.8 Å². The van der Waals surface area contributed by atoms with Crippen LogP contribution in [0.4, 0.5) is 34.1 Å². The number of fused-ring (bicyclic) bond motifs is 7. The summed E-state index contributed by atoms with van der Waals surface area (Å²) in [6.45, 7) is 0. The molecule has 0 atom stereocenters. The predicted octanol–water partition coefficient (Wildman–Crippen LogP) is 14.5. The van der Waals surface area contributed by atoms with Crippen molar-refractivity contribution in [3.05, 3.63) is 170 Å². The minimum Gasteiger partial charge on any atom is -0.453 e. The molecule has 8 heteroatoms. The molecule has 6 nitrogen and oxygen atoms in total. The van der Waals surface area contributed by atoms with Gasteiger partial charge in [0.2, 0.25) is 0 Å². The van der Waals surface area contributed by atoms with Gasteiger partial charge in [-0.15, -0.1) is 22.7 Å². The van der Waals surface area contributed by atoms with Crippen LogP contribution in [0.3, 0.4) is 0 Å². The Kier molecular flexibility index (Phi) is 6.87. The summed E-state index contributed by atoms with van der Waals surface area (Å²) in [5.41, 5.74) is 9.89. The number of para-hydroxylation sites is 10. The molecule has 0 bridgehead atoms. The van der Waals surface area contributed by atoms with Crippen LogP contribution in [0.15, 0.2) is 170 Å². The molecule has 0 spiro atoms. The van der Waals surface area contributed by atoms with Gasteiger partial charge in [-0.2, -0.15) is 0 Å². The van der Waals surface area contributed by atoms with Crippen LogP contribution in [0.5, 0.6) is 23.0 Å². The largest absolute Gasteiger partial charge is 0.453 e. The lowest BCUT2D eigenvalue weighted by Gasteiger charge is -2.36. The Morgan fingerprint density at radius 2 is 0.696 bits per heavy atom. The van der Waals surface area contributed by atoms with Gasteiger partial charge in [0.05, 0.1) is 54.6 Å². The molecule has 0 unspecified atom stereocenters. The molecule has 10 aromatic rings. The van der Waals surface area contributed by atoms with Crippen molar-refractivity contribution >= 4 is 88.0 Å². The maximum absolute atomic E-state index is 6.54. The van der Waals surface area contributed by atoms with Gasteiger partial charge in [0.25, 0.3) is 0 Å². The number of thiazole rings is 2. The summed E-state index contributed by atoms with van der Waals surface area (Å²) in [7, 11) is 0. The highest BCUT2D eigenvalue weighted by Gasteiger charge is 2.31. The number of anilines is 6. The van der Waals surface area contributed by atoms with E-state index in [1.54, 1.807) is 22.7 Å². The first-order chi connectivity index (χ1) is 27.7. The molecule has 0 amide bonds. The summed E-state index contributed by atoms with van der Waals surface area (Å²) in [4.78, 5) is 15.1. The number of benzene rings is 8. The number of aromatic nitrogens is 2. The highest BCUT2D eigenvalue weighted by molar-refractivity contribution is 7.22. The van der Waals surface area contributed by atoms with Gasteiger partial charge in [0.15, 0.2) is 23.0 Å². The van der Waals surface area contributed by atoms with Gasteiger partial charge in [-0.3, -0.25) is 0 Å². The molecule has 0 N–H and O–H groups in total. The predicted molar refractivity (Wildman–Crippen MR) is 231 cm³/mol. The summed E-state index contributed by atoms with van der Waals surface area (Å²) < 4.78 is 15.4. The van der Waals surface area contributed by atoms with Crippen molar-refractivity contribution in [1.29, 1.82) is 0 Å². The Morgan fingerprint density at radius 3 is 1.07 bits per heavy atom. The number of nitrogens with zero attached hydrogens (tertiary/aromatic N) is 4. The van der Waals surface area contributed by atoms with Crippen LogP contribution in [0.25, 0.3) is 52.3 Å². The van der Waals surface area contributed by atoms with Crippen molar-refractivity contribution in [1.82, 2.24) is 9.97 Å². The third-order valence-corrected chi connectivity index (χ3v) is 12.6. The van der Waals surface area contributed by atoms with E-state index in [0.717, 1.165) is 109 Å². The van der Waals surface area contributed by atoms with Gasteiger partial charge >= 0.3 is 0 Å². The van der Waals surface area contributed by atoms with E-state index >= 15 is 0 Å². The fourth-order valence-electron chi connectivity index (χ4n) is 7.96. The number of hydrogen-bond donors (Lipinski definition) is 0. The molecule has 0 aliphatic carbocycles. The van der Waals surface area contributed by atoms with Gasteiger partial charge in [0, 0.05) is 21.9 Å². The first-order valence-corrected chi connectivity index (χ1v) is 20.0. The highest BCUT2D eigenvalue weighted by Crippen LogP contribution is 2.56. The molecule has 2 aliphatic rings. The lowest BCUT2D eigenvalue weighted by atomic mass is 9.97. The fourth-order valence-corrected chi connectivity index (χ4v) is 9.87. The van der Waals surface area contributed by atoms with E-state index in [2.05, 4.69) is 119 Å². The van der Waals surface area contributed by atoms with E-state index in [-0.39, 0.29) is 0 Å². The summed E-state index contributed by atoms with van der Waals surface area (Å²) in [6.07, 6.45) is 0. The molecular weight excluding hydrogens is 729 g/mol. The van der Waals surface area contributed by atoms with Crippen LogP contribution in [0.1, 0.15) is 0 Å². The van der Waals surface area contributed by atoms with Crippen molar-refractivity contribution in [3.8, 4) is 44.1 Å². The minimum absolute atomic E-state index is 0.795. The van der Waals surface area contributed by atoms with Crippen molar-refractivity contribution in [2.75, 3.05) is 9.80 Å². The molecule has 0 fully saturated rings. The summed E-state index contributed by atoms with van der Waals surface area (Å²) in [5, 5.41) is 4.03. The fraction of sp³-hybridized carbons (Fsp3) is 0. The normalized spacial score (nSPS) is 12.9. The SMILES string of the molecule is c1ccc2c(c1)Oc1ccccc1N2c1cc(-c2nc3ccccc3s2)cc2c(N3c4ccccc4Oc4ccccc43)cc(-c3nc4ccccc4s3)cc12. The second kappa shape index (κ2) is 12.3. The zero-order valence-electron chi connectivity index (χ0n) is 29.6. The van der Waals surface area contributed by atoms with E-state index in [4.69, 9.17) is 19.4 Å². The van der Waals surface area contributed by atoms with E-state index in [0.29, 0.717) is 0 Å². The topological polar surface area (TPSA) is 50.7 Å². The average Bonchev–Trinajstić information content (AvgIpc) is 3.89. The number of ether oxygens (including phenoxy) is 2. The van der Waals surface area contributed by atoms with Crippen LogP contribution in [0.2, 0.25) is 0 Å². The van der Waals surface area contributed by atoms with E-state index in [1.165, 1.54) is 0 Å². The third-order valence-electron chi connectivity index (χ3n) is 10.5. The summed E-state index contributed by atoms with van der Waals surface area (Å²) >= 11 is 3.42. The maximum Gasteiger partial charge on any atom is 0.151 e. The maximum atomic E-state index is 6.54. The van der Waals surface area contributed by atoms with Gasteiger partial charge in [-0.25, -0.2) is 9.97 Å². The molecular formula is C48H28N4O2S2. The lowest BCUT2D eigenvalue weighted by Crippen LogP contribution is -2.18. The standard InChI is InChI=1S/C48H28N4O2S2/c1-11-23-45-33(13-1)49-47(55-45)29-25-31-32(39(27-29)51-35-15-3-7-19-41(35)53-42-20-8-4-16-36(42)51)26-30(48-50-34-14-2-12-24-46(34)56-48)28-40(31)52-37-17-5-9-21-43(37)54-44-22-10-6-18-38(44)52/h1-28H. The molecule has 56 heavy (non-hydrogen) atoms. The van der Waals surface area contributed by atoms with Crippen molar-refractivity contribution in [2.45, 2.75) is 0 Å². The smallest absolute Gasteiger partial charge is 0.151 e. The second-order valence-corrected chi connectivity index (χ2v) is 15.9. The Balaban J connectivity index is 1.23. The third kappa shape index (κ3) is 4.86. The zero-order chi connectivity index (χ0) is 36.7. The number of hydrogen-bond acceptors (Lipinski definition) is 8.